The molecule has 4 fully saturated rings. The minimum Gasteiger partial charge on any atom is -0.383 e. The number of pyridine rings is 2. The lowest BCUT2D eigenvalue weighted by molar-refractivity contribution is -0.0584. The van der Waals surface area contributed by atoms with Crippen molar-refractivity contribution in [2.24, 2.45) is 11.5 Å². The smallest absolute Gasteiger partial charge is 0.248 e. The summed E-state index contributed by atoms with van der Waals surface area (Å²) in [6, 6.07) is 21.4. The number of nitrogens with zero attached hydrogens (tertiary/aromatic N) is 8. The fraction of sp³-hybridized carbons (Fsp3) is 0.462. The van der Waals surface area contributed by atoms with Crippen LogP contribution in [0.25, 0.3) is 44.6 Å². The fourth-order valence-electron chi connectivity index (χ4n) is 8.57. The van der Waals surface area contributed by atoms with Gasteiger partial charge in [0, 0.05) is 87.8 Å². The number of hydrogen-bond donors (Lipinski definition) is 4. The molecule has 8 N–H and O–H groups in total. The first-order chi connectivity index (χ1) is 34.9. The lowest BCUT2D eigenvalue weighted by atomic mass is 10.0. The van der Waals surface area contributed by atoms with Crippen molar-refractivity contribution in [2.45, 2.75) is 64.6 Å². The molecule has 4 saturated heterocycles. The summed E-state index contributed by atoms with van der Waals surface area (Å²) in [4.78, 5) is 55.0. The monoisotopic (exact) mass is 989 g/mol. The van der Waals surface area contributed by atoms with E-state index < -0.39 is 11.8 Å². The summed E-state index contributed by atoms with van der Waals surface area (Å²) in [5.41, 5.74) is 27.4. The zero-order valence-electron chi connectivity index (χ0n) is 41.8. The van der Waals surface area contributed by atoms with Gasteiger partial charge < -0.3 is 61.2 Å². The van der Waals surface area contributed by atoms with Gasteiger partial charge in [-0.05, 0) is 75.2 Å². The van der Waals surface area contributed by atoms with Crippen molar-refractivity contribution in [3.8, 4) is 22.5 Å². The topological polar surface area (TPSA) is 277 Å². The second-order valence-electron chi connectivity index (χ2n) is 17.7. The van der Waals surface area contributed by atoms with Crippen LogP contribution in [-0.2, 0) is 28.4 Å². The maximum atomic E-state index is 11.5. The molecule has 2 atom stereocenters. The lowest BCUT2D eigenvalue weighted by Crippen LogP contribution is -2.53. The van der Waals surface area contributed by atoms with Crippen LogP contribution >= 0.6 is 0 Å². The van der Waals surface area contributed by atoms with Gasteiger partial charge in [0.05, 0.1) is 61.7 Å². The van der Waals surface area contributed by atoms with Gasteiger partial charge >= 0.3 is 0 Å². The summed E-state index contributed by atoms with van der Waals surface area (Å²) >= 11 is 0. The van der Waals surface area contributed by atoms with E-state index in [-0.39, 0.29) is 11.2 Å². The highest BCUT2D eigenvalue weighted by atomic mass is 16.6. The molecule has 2 aromatic carbocycles. The van der Waals surface area contributed by atoms with Crippen molar-refractivity contribution in [1.29, 1.82) is 0 Å². The standard InChI is InChI=1S/2C21H22N6O3.2C5H12O/c2*22-17-15-4-5-16(13-2-1-3-14(10-13)18(23)28)24-19(15)26-20(25-17)27-7-9-30-21(11-27)6-8-29-12-21;2*1-3-5-6-4-2/h2*1-5,10H,6-9,11-12H2,(H2,23,28)(H2,22,24,25,26);2*3-5H2,1-2H3/t2*21-;;/m10../s1. The van der Waals surface area contributed by atoms with Gasteiger partial charge in [0.2, 0.25) is 23.7 Å². The van der Waals surface area contributed by atoms with Crippen molar-refractivity contribution in [3.63, 3.8) is 0 Å². The number of morpholine rings is 2. The van der Waals surface area contributed by atoms with Crippen LogP contribution in [0.4, 0.5) is 23.5 Å². The number of amides is 2. The van der Waals surface area contributed by atoms with E-state index in [1.807, 2.05) is 50.2 Å². The van der Waals surface area contributed by atoms with Gasteiger partial charge in [-0.3, -0.25) is 9.59 Å². The molecule has 4 aliphatic rings. The largest absolute Gasteiger partial charge is 0.383 e. The Labute approximate surface area is 420 Å². The second kappa shape index (κ2) is 25.1. The van der Waals surface area contributed by atoms with E-state index in [9.17, 15) is 9.59 Å². The molecule has 0 radical (unpaired) electrons. The van der Waals surface area contributed by atoms with Crippen molar-refractivity contribution >= 4 is 57.4 Å². The van der Waals surface area contributed by atoms with Gasteiger partial charge in [0.1, 0.15) is 22.8 Å². The van der Waals surface area contributed by atoms with Crippen LogP contribution in [0.5, 0.6) is 0 Å². The SMILES string of the molecule is CCCOCC.CCCOCC.NC(=O)c1cccc(-c2ccc3c(N)nc(N4CCO[C@@]5(CCOC5)C4)nc3n2)c1.NC(=O)c1cccc(-c2ccc3c(N)nc(N4CCO[C@]5(CCOC5)C4)nc3n2)c1. The third-order valence-electron chi connectivity index (χ3n) is 12.3. The first-order valence-corrected chi connectivity index (χ1v) is 24.7. The molecule has 6 aromatic rings. The number of primary amides is 2. The van der Waals surface area contributed by atoms with Gasteiger partial charge in [-0.1, -0.05) is 38.1 Å². The number of rotatable bonds is 12. The zero-order valence-corrected chi connectivity index (χ0v) is 41.8. The highest BCUT2D eigenvalue weighted by Crippen LogP contribution is 2.33. The van der Waals surface area contributed by atoms with Gasteiger partial charge in [0.25, 0.3) is 0 Å². The molecule has 4 aromatic heterocycles. The Morgan fingerprint density at radius 1 is 0.583 bits per heavy atom. The Morgan fingerprint density at radius 2 is 1.01 bits per heavy atom. The lowest BCUT2D eigenvalue weighted by Gasteiger charge is -2.39. The molecule has 0 aliphatic carbocycles. The molecule has 10 rings (SSSR count). The van der Waals surface area contributed by atoms with Crippen LogP contribution in [-0.4, -0.2) is 145 Å². The predicted molar refractivity (Wildman–Crippen MR) is 278 cm³/mol. The fourth-order valence-corrected chi connectivity index (χ4v) is 8.57. The van der Waals surface area contributed by atoms with Crippen LogP contribution in [0.3, 0.4) is 0 Å². The van der Waals surface area contributed by atoms with Crippen LogP contribution in [0, 0.1) is 0 Å². The van der Waals surface area contributed by atoms with Gasteiger partial charge in [-0.15, -0.1) is 0 Å². The quantitative estimate of drug-likeness (QED) is 0.109. The molecular formula is C52H68N12O8. The molecule has 2 spiro atoms. The number of carbonyl (C=O) groups excluding carboxylic acids is 2. The maximum absolute atomic E-state index is 11.5. The van der Waals surface area contributed by atoms with Crippen LogP contribution < -0.4 is 32.7 Å². The summed E-state index contributed by atoms with van der Waals surface area (Å²) in [6.07, 6.45) is 3.97. The predicted octanol–water partition coefficient (Wildman–Crippen LogP) is 5.60. The number of benzene rings is 2. The van der Waals surface area contributed by atoms with Gasteiger partial charge in [-0.2, -0.15) is 19.9 Å². The number of fused-ring (bicyclic) bond motifs is 2. The Kier molecular flexibility index (Phi) is 18.5. The Balaban J connectivity index is 0.000000173. The molecule has 384 valence electrons. The zero-order chi connectivity index (χ0) is 51.1. The van der Waals surface area contributed by atoms with E-state index in [0.717, 1.165) is 63.2 Å². The number of ether oxygens (including phenoxy) is 6. The minimum absolute atomic E-state index is 0.310. The van der Waals surface area contributed by atoms with E-state index in [1.165, 1.54) is 0 Å². The van der Waals surface area contributed by atoms with E-state index in [1.54, 1.807) is 36.4 Å². The normalized spacial score (nSPS) is 19.3. The summed E-state index contributed by atoms with van der Waals surface area (Å²) < 4.78 is 33.0. The number of nitrogen functional groups attached to an aromatic ring is 2. The second-order valence-corrected chi connectivity index (χ2v) is 17.7. The van der Waals surface area contributed by atoms with Crippen molar-refractivity contribution < 1.29 is 38.0 Å². The Bertz CT molecular complexity index is 2580. The molecule has 20 heteroatoms. The van der Waals surface area contributed by atoms with E-state index in [4.69, 9.17) is 61.3 Å². The molecular weight excluding hydrogens is 921 g/mol. The number of nitrogens with two attached hydrogens (primary N) is 4. The molecule has 0 bridgehead atoms. The minimum atomic E-state index is -0.483. The third-order valence-corrected chi connectivity index (χ3v) is 12.3. The van der Waals surface area contributed by atoms with E-state index in [2.05, 4.69) is 43.6 Å². The Morgan fingerprint density at radius 3 is 1.36 bits per heavy atom. The number of anilines is 4. The molecule has 4 aliphatic heterocycles. The van der Waals surface area contributed by atoms with Crippen LogP contribution in [0.2, 0.25) is 0 Å². The summed E-state index contributed by atoms with van der Waals surface area (Å²) in [6.45, 7) is 18.1. The summed E-state index contributed by atoms with van der Waals surface area (Å²) in [7, 11) is 0. The van der Waals surface area contributed by atoms with Gasteiger partial charge in [-0.25, -0.2) is 9.97 Å². The summed E-state index contributed by atoms with van der Waals surface area (Å²) in [5, 5.41) is 1.36. The first kappa shape index (κ1) is 53.1. The first-order valence-electron chi connectivity index (χ1n) is 24.7. The maximum Gasteiger partial charge on any atom is 0.248 e. The number of hydrogen-bond acceptors (Lipinski definition) is 18. The molecule has 72 heavy (non-hydrogen) atoms. The van der Waals surface area contributed by atoms with E-state index in [0.29, 0.717) is 134 Å². The van der Waals surface area contributed by atoms with Crippen LogP contribution in [0.1, 0.15) is 74.1 Å². The highest BCUT2D eigenvalue weighted by Gasteiger charge is 2.42. The van der Waals surface area contributed by atoms with Crippen molar-refractivity contribution in [1.82, 2.24) is 29.9 Å². The van der Waals surface area contributed by atoms with Crippen molar-refractivity contribution in [3.05, 3.63) is 83.9 Å². The highest BCUT2D eigenvalue weighted by molar-refractivity contribution is 5.95. The molecule has 0 unspecified atom stereocenters. The molecule has 0 saturated carbocycles. The molecule has 2 amide bonds. The Hall–Kier alpha value is -6.68. The third kappa shape index (κ3) is 13.4. The molecule has 20 nitrogen and oxygen atoms in total. The molecule has 8 heterocycles. The summed E-state index contributed by atoms with van der Waals surface area (Å²) in [5.74, 6) is 0.855. The average Bonchev–Trinajstić information content (AvgIpc) is 4.06. The van der Waals surface area contributed by atoms with Gasteiger partial charge in [0.15, 0.2) is 11.3 Å². The number of aromatic nitrogens is 6. The van der Waals surface area contributed by atoms with Crippen LogP contribution in [0.15, 0.2) is 72.8 Å². The van der Waals surface area contributed by atoms with Crippen molar-refractivity contribution in [2.75, 3.05) is 114 Å². The average molecular weight is 989 g/mol. The number of carbonyl (C=O) groups is 2. The van der Waals surface area contributed by atoms with E-state index >= 15 is 0 Å².